The van der Waals surface area contributed by atoms with Gasteiger partial charge in [0, 0.05) is 25.2 Å². The number of amides is 1. The number of hydrogen-bond donors (Lipinski definition) is 2. The molecule has 1 saturated heterocycles. The molecule has 1 heterocycles. The minimum atomic E-state index is 0.0301. The fourth-order valence-corrected chi connectivity index (χ4v) is 2.10. The molecule has 76 valence electrons. The van der Waals surface area contributed by atoms with Crippen LogP contribution >= 0.6 is 0 Å². The Morgan fingerprint density at radius 1 is 1.36 bits per heavy atom. The predicted molar refractivity (Wildman–Crippen MR) is 55.7 cm³/mol. The van der Waals surface area contributed by atoms with E-state index in [0.717, 1.165) is 13.1 Å². The van der Waals surface area contributed by atoms with Crippen LogP contribution in [-0.2, 0) is 4.79 Å². The SMILES string of the molecule is C/C=C/C=C/C(=O)NC1C2CNCC21. The van der Waals surface area contributed by atoms with E-state index in [9.17, 15) is 4.79 Å². The van der Waals surface area contributed by atoms with E-state index >= 15 is 0 Å². The van der Waals surface area contributed by atoms with Crippen molar-refractivity contribution in [1.82, 2.24) is 10.6 Å². The molecular formula is C11H16N2O. The van der Waals surface area contributed by atoms with Gasteiger partial charge in [-0.2, -0.15) is 0 Å². The molecule has 14 heavy (non-hydrogen) atoms. The third kappa shape index (κ3) is 1.87. The van der Waals surface area contributed by atoms with E-state index in [2.05, 4.69) is 10.6 Å². The number of piperidine rings is 1. The molecule has 2 N–H and O–H groups in total. The molecule has 0 spiro atoms. The van der Waals surface area contributed by atoms with E-state index < -0.39 is 0 Å². The van der Waals surface area contributed by atoms with Crippen LogP contribution in [0.1, 0.15) is 6.92 Å². The molecule has 0 aromatic carbocycles. The summed E-state index contributed by atoms with van der Waals surface area (Å²) >= 11 is 0. The summed E-state index contributed by atoms with van der Waals surface area (Å²) in [4.78, 5) is 11.3. The lowest BCUT2D eigenvalue weighted by Crippen LogP contribution is -2.31. The molecular weight excluding hydrogens is 176 g/mol. The minimum Gasteiger partial charge on any atom is -0.349 e. The molecule has 3 heteroatoms. The highest BCUT2D eigenvalue weighted by Gasteiger charge is 2.53. The third-order valence-corrected chi connectivity index (χ3v) is 2.95. The van der Waals surface area contributed by atoms with Crippen LogP contribution in [0.5, 0.6) is 0 Å². The van der Waals surface area contributed by atoms with E-state index in [1.54, 1.807) is 12.2 Å². The van der Waals surface area contributed by atoms with Gasteiger partial charge in [0.15, 0.2) is 0 Å². The summed E-state index contributed by atoms with van der Waals surface area (Å²) in [6, 6.07) is 0.430. The van der Waals surface area contributed by atoms with E-state index in [1.165, 1.54) is 0 Å². The Labute approximate surface area is 84.3 Å². The Morgan fingerprint density at radius 3 is 2.71 bits per heavy atom. The van der Waals surface area contributed by atoms with Crippen molar-refractivity contribution >= 4 is 5.91 Å². The maximum Gasteiger partial charge on any atom is 0.244 e. The lowest BCUT2D eigenvalue weighted by atomic mass is 10.4. The average molecular weight is 192 g/mol. The van der Waals surface area contributed by atoms with Gasteiger partial charge in [-0.25, -0.2) is 0 Å². The smallest absolute Gasteiger partial charge is 0.244 e. The summed E-state index contributed by atoms with van der Waals surface area (Å²) in [6.45, 7) is 4.06. The second-order valence-electron chi connectivity index (χ2n) is 3.91. The summed E-state index contributed by atoms with van der Waals surface area (Å²) < 4.78 is 0. The molecule has 2 fully saturated rings. The summed E-state index contributed by atoms with van der Waals surface area (Å²) in [5, 5.41) is 6.31. The van der Waals surface area contributed by atoms with E-state index in [0.29, 0.717) is 17.9 Å². The van der Waals surface area contributed by atoms with Crippen molar-refractivity contribution in [2.24, 2.45) is 11.8 Å². The second kappa shape index (κ2) is 3.96. The van der Waals surface area contributed by atoms with Gasteiger partial charge in [0.1, 0.15) is 0 Å². The number of carbonyl (C=O) groups is 1. The minimum absolute atomic E-state index is 0.0301. The quantitative estimate of drug-likeness (QED) is 0.503. The summed E-state index contributed by atoms with van der Waals surface area (Å²) in [7, 11) is 0. The lowest BCUT2D eigenvalue weighted by molar-refractivity contribution is -0.116. The number of rotatable bonds is 3. The molecule has 2 rings (SSSR count). The molecule has 0 aromatic heterocycles. The molecule has 0 radical (unpaired) electrons. The summed E-state index contributed by atoms with van der Waals surface area (Å²) in [5.41, 5.74) is 0. The molecule has 3 nitrogen and oxygen atoms in total. The summed E-state index contributed by atoms with van der Waals surface area (Å²) in [6.07, 6.45) is 7.11. The Morgan fingerprint density at radius 2 is 2.07 bits per heavy atom. The van der Waals surface area contributed by atoms with E-state index in [-0.39, 0.29) is 5.91 Å². The van der Waals surface area contributed by atoms with Crippen LogP contribution in [0, 0.1) is 11.8 Å². The van der Waals surface area contributed by atoms with Crippen LogP contribution in [0.15, 0.2) is 24.3 Å². The third-order valence-electron chi connectivity index (χ3n) is 2.95. The van der Waals surface area contributed by atoms with Crippen LogP contribution in [0.2, 0.25) is 0 Å². The first-order valence-electron chi connectivity index (χ1n) is 5.13. The Balaban J connectivity index is 1.74. The first-order valence-corrected chi connectivity index (χ1v) is 5.13. The van der Waals surface area contributed by atoms with Crippen molar-refractivity contribution in [3.8, 4) is 0 Å². The molecule has 2 unspecified atom stereocenters. The van der Waals surface area contributed by atoms with Crippen LogP contribution in [0.3, 0.4) is 0 Å². The van der Waals surface area contributed by atoms with Gasteiger partial charge in [-0.15, -0.1) is 0 Å². The first-order chi connectivity index (χ1) is 6.83. The van der Waals surface area contributed by atoms with Crippen molar-refractivity contribution in [3.05, 3.63) is 24.3 Å². The van der Waals surface area contributed by atoms with Gasteiger partial charge in [0.05, 0.1) is 0 Å². The Kier molecular flexibility index (Phi) is 2.68. The fraction of sp³-hybridized carbons (Fsp3) is 0.545. The van der Waals surface area contributed by atoms with Crippen molar-refractivity contribution in [3.63, 3.8) is 0 Å². The molecule has 1 amide bonds. The van der Waals surface area contributed by atoms with Gasteiger partial charge in [-0.1, -0.05) is 18.2 Å². The normalized spacial score (nSPS) is 35.1. The van der Waals surface area contributed by atoms with E-state index in [4.69, 9.17) is 0 Å². The Hall–Kier alpha value is -1.09. The highest BCUT2D eigenvalue weighted by atomic mass is 16.1. The van der Waals surface area contributed by atoms with Crippen LogP contribution in [-0.4, -0.2) is 25.0 Å². The standard InChI is InChI=1S/C11H16N2O/c1-2-3-4-5-10(14)13-11-8-6-12-7-9(8)11/h2-5,8-9,11-12H,6-7H2,1H3,(H,13,14)/b3-2+,5-4+. The van der Waals surface area contributed by atoms with Crippen molar-refractivity contribution in [2.75, 3.05) is 13.1 Å². The molecule has 1 aliphatic heterocycles. The molecule has 0 aromatic rings. The van der Waals surface area contributed by atoms with Crippen LogP contribution in [0.4, 0.5) is 0 Å². The van der Waals surface area contributed by atoms with Gasteiger partial charge >= 0.3 is 0 Å². The van der Waals surface area contributed by atoms with Gasteiger partial charge in [0.25, 0.3) is 0 Å². The monoisotopic (exact) mass is 192 g/mol. The van der Waals surface area contributed by atoms with Crippen LogP contribution in [0.25, 0.3) is 0 Å². The largest absolute Gasteiger partial charge is 0.349 e. The van der Waals surface area contributed by atoms with Crippen LogP contribution < -0.4 is 10.6 Å². The highest BCUT2D eigenvalue weighted by molar-refractivity contribution is 5.88. The number of nitrogens with one attached hydrogen (secondary N) is 2. The Bertz CT molecular complexity index is 273. The van der Waals surface area contributed by atoms with Crippen molar-refractivity contribution in [1.29, 1.82) is 0 Å². The predicted octanol–water partition coefficient (Wildman–Crippen LogP) is 0.453. The number of fused-ring (bicyclic) bond motifs is 1. The second-order valence-corrected chi connectivity index (χ2v) is 3.91. The number of carbonyl (C=O) groups excluding carboxylic acids is 1. The highest BCUT2D eigenvalue weighted by Crippen LogP contribution is 2.41. The van der Waals surface area contributed by atoms with Gasteiger partial charge in [-0.3, -0.25) is 4.79 Å². The lowest BCUT2D eigenvalue weighted by Gasteiger charge is -2.04. The summed E-state index contributed by atoms with van der Waals surface area (Å²) in [5.74, 6) is 1.41. The van der Waals surface area contributed by atoms with Crippen molar-refractivity contribution in [2.45, 2.75) is 13.0 Å². The number of allylic oxidation sites excluding steroid dienone is 3. The maximum atomic E-state index is 11.3. The molecule has 2 aliphatic rings. The molecule has 0 bridgehead atoms. The van der Waals surface area contributed by atoms with Gasteiger partial charge < -0.3 is 10.6 Å². The fourth-order valence-electron chi connectivity index (χ4n) is 2.10. The topological polar surface area (TPSA) is 41.1 Å². The molecule has 2 atom stereocenters. The first kappa shape index (κ1) is 9.46. The molecule has 1 aliphatic carbocycles. The van der Waals surface area contributed by atoms with E-state index in [1.807, 2.05) is 19.1 Å². The van der Waals surface area contributed by atoms with Gasteiger partial charge in [-0.05, 0) is 18.8 Å². The zero-order valence-corrected chi connectivity index (χ0v) is 8.36. The zero-order valence-electron chi connectivity index (χ0n) is 8.36. The molecule has 1 saturated carbocycles. The maximum absolute atomic E-state index is 11.3. The van der Waals surface area contributed by atoms with Gasteiger partial charge in [0.2, 0.25) is 5.91 Å². The average Bonchev–Trinajstić information content (AvgIpc) is 2.64. The number of hydrogen-bond acceptors (Lipinski definition) is 2. The zero-order chi connectivity index (χ0) is 9.97. The van der Waals surface area contributed by atoms with Crippen molar-refractivity contribution < 1.29 is 4.79 Å².